The second-order valence-electron chi connectivity index (χ2n) is 4.03. The molecule has 5 heteroatoms. The molecule has 0 aliphatic rings. The minimum absolute atomic E-state index is 0.425. The highest BCUT2D eigenvalue weighted by Gasteiger charge is 2.23. The van der Waals surface area contributed by atoms with Gasteiger partial charge in [0.2, 0.25) is 0 Å². The zero-order valence-electron chi connectivity index (χ0n) is 10.5. The fraction of sp³-hybridized carbons (Fsp3) is 0.462. The highest BCUT2D eigenvalue weighted by molar-refractivity contribution is 6.42. The van der Waals surface area contributed by atoms with E-state index in [0.717, 1.165) is 5.56 Å². The van der Waals surface area contributed by atoms with Crippen molar-refractivity contribution in [3.05, 3.63) is 33.8 Å². The molecule has 0 radical (unpaired) electrons. The number of aliphatic carboxylic acids is 1. The zero-order chi connectivity index (χ0) is 13.7. The van der Waals surface area contributed by atoms with Crippen molar-refractivity contribution < 1.29 is 9.90 Å². The maximum absolute atomic E-state index is 11.3. The first kappa shape index (κ1) is 15.3. The van der Waals surface area contributed by atoms with Gasteiger partial charge in [-0.25, -0.2) is 0 Å². The summed E-state index contributed by atoms with van der Waals surface area (Å²) in [6.07, 6.45) is 0.425. The fourth-order valence-electron chi connectivity index (χ4n) is 1.93. The van der Waals surface area contributed by atoms with Gasteiger partial charge in [-0.15, -0.1) is 0 Å². The molecule has 0 saturated heterocycles. The third-order valence-electron chi connectivity index (χ3n) is 2.95. The van der Waals surface area contributed by atoms with Crippen molar-refractivity contribution in [3.8, 4) is 0 Å². The third kappa shape index (κ3) is 3.87. The number of halogens is 2. The molecule has 0 saturated carbocycles. The Bertz CT molecular complexity index is 419. The predicted octanol–water partition coefficient (Wildman–Crippen LogP) is 3.33. The van der Waals surface area contributed by atoms with Gasteiger partial charge in [0.05, 0.1) is 10.0 Å². The Hall–Kier alpha value is -0.770. The van der Waals surface area contributed by atoms with Gasteiger partial charge in [0.15, 0.2) is 0 Å². The summed E-state index contributed by atoms with van der Waals surface area (Å²) in [6, 6.07) is 4.70. The SMILES string of the molecule is CCN(CC)[C@@H](Cc1ccc(Cl)c(Cl)c1)C(=O)O. The van der Waals surface area contributed by atoms with Gasteiger partial charge in [-0.2, -0.15) is 0 Å². The van der Waals surface area contributed by atoms with E-state index in [1.807, 2.05) is 24.8 Å². The molecule has 0 aliphatic carbocycles. The van der Waals surface area contributed by atoms with Crippen LogP contribution in [-0.4, -0.2) is 35.1 Å². The van der Waals surface area contributed by atoms with Gasteiger partial charge in [0.1, 0.15) is 6.04 Å². The van der Waals surface area contributed by atoms with E-state index in [9.17, 15) is 9.90 Å². The average molecular weight is 290 g/mol. The molecule has 1 rings (SSSR count). The van der Waals surface area contributed by atoms with Crippen LogP contribution in [-0.2, 0) is 11.2 Å². The predicted molar refractivity (Wildman–Crippen MR) is 74.5 cm³/mol. The van der Waals surface area contributed by atoms with Crippen LogP contribution >= 0.6 is 23.2 Å². The molecular formula is C13H17Cl2NO2. The van der Waals surface area contributed by atoms with Crippen LogP contribution in [0.5, 0.6) is 0 Å². The summed E-state index contributed by atoms with van der Waals surface area (Å²) in [6.45, 7) is 5.31. The molecule has 0 unspecified atom stereocenters. The first-order valence-electron chi connectivity index (χ1n) is 5.90. The molecule has 0 heterocycles. The largest absolute Gasteiger partial charge is 0.480 e. The number of nitrogens with zero attached hydrogens (tertiary/aromatic N) is 1. The highest BCUT2D eigenvalue weighted by atomic mass is 35.5. The Morgan fingerprint density at radius 3 is 2.33 bits per heavy atom. The van der Waals surface area contributed by atoms with Crippen molar-refractivity contribution in [1.29, 1.82) is 0 Å². The van der Waals surface area contributed by atoms with Crippen molar-refractivity contribution in [2.75, 3.05) is 13.1 Å². The van der Waals surface area contributed by atoms with E-state index in [1.54, 1.807) is 12.1 Å². The monoisotopic (exact) mass is 289 g/mol. The fourth-order valence-corrected chi connectivity index (χ4v) is 2.25. The first-order valence-corrected chi connectivity index (χ1v) is 6.66. The molecular weight excluding hydrogens is 273 g/mol. The number of likely N-dealkylation sites (N-methyl/N-ethyl adjacent to an activating group) is 1. The lowest BCUT2D eigenvalue weighted by Crippen LogP contribution is -2.42. The van der Waals surface area contributed by atoms with Gasteiger partial charge in [0.25, 0.3) is 0 Å². The van der Waals surface area contributed by atoms with Crippen LogP contribution in [0.4, 0.5) is 0 Å². The number of hydrogen-bond donors (Lipinski definition) is 1. The number of rotatable bonds is 6. The van der Waals surface area contributed by atoms with Crippen molar-refractivity contribution in [1.82, 2.24) is 4.90 Å². The lowest BCUT2D eigenvalue weighted by molar-refractivity contribution is -0.143. The van der Waals surface area contributed by atoms with Crippen LogP contribution in [0, 0.1) is 0 Å². The zero-order valence-corrected chi connectivity index (χ0v) is 12.0. The molecule has 0 fully saturated rings. The number of carbonyl (C=O) groups is 1. The van der Waals surface area contributed by atoms with Gasteiger partial charge in [-0.1, -0.05) is 43.1 Å². The van der Waals surface area contributed by atoms with Gasteiger partial charge >= 0.3 is 5.97 Å². The number of carboxylic acids is 1. The molecule has 0 bridgehead atoms. The lowest BCUT2D eigenvalue weighted by atomic mass is 10.0. The minimum atomic E-state index is -0.815. The van der Waals surface area contributed by atoms with Gasteiger partial charge < -0.3 is 5.11 Å². The molecule has 3 nitrogen and oxygen atoms in total. The van der Waals surface area contributed by atoms with Crippen LogP contribution in [0.3, 0.4) is 0 Å². The Balaban J connectivity index is 2.89. The van der Waals surface area contributed by atoms with Crippen LogP contribution < -0.4 is 0 Å². The molecule has 100 valence electrons. The molecule has 0 spiro atoms. The van der Waals surface area contributed by atoms with Gasteiger partial charge in [-0.05, 0) is 37.2 Å². The Labute approximate surface area is 117 Å². The van der Waals surface area contributed by atoms with Crippen LogP contribution in [0.25, 0.3) is 0 Å². The lowest BCUT2D eigenvalue weighted by Gasteiger charge is -2.26. The van der Waals surface area contributed by atoms with E-state index in [0.29, 0.717) is 29.6 Å². The van der Waals surface area contributed by atoms with Crippen molar-refractivity contribution in [2.45, 2.75) is 26.3 Å². The topological polar surface area (TPSA) is 40.5 Å². The molecule has 18 heavy (non-hydrogen) atoms. The summed E-state index contributed by atoms with van der Waals surface area (Å²) in [7, 11) is 0. The minimum Gasteiger partial charge on any atom is -0.480 e. The van der Waals surface area contributed by atoms with E-state index in [1.165, 1.54) is 0 Å². The number of hydrogen-bond acceptors (Lipinski definition) is 2. The standard InChI is InChI=1S/C13H17Cl2NO2/c1-3-16(4-2)12(13(17)18)8-9-5-6-10(14)11(15)7-9/h5-7,12H,3-4,8H2,1-2H3,(H,17,18)/t12-/m0/s1. The normalized spacial score (nSPS) is 12.7. The molecule has 1 aromatic rings. The average Bonchev–Trinajstić information content (AvgIpc) is 2.33. The van der Waals surface area contributed by atoms with E-state index in [4.69, 9.17) is 23.2 Å². The van der Waals surface area contributed by atoms with Crippen LogP contribution in [0.2, 0.25) is 10.0 Å². The van der Waals surface area contributed by atoms with Crippen LogP contribution in [0.15, 0.2) is 18.2 Å². The van der Waals surface area contributed by atoms with Crippen molar-refractivity contribution in [2.24, 2.45) is 0 Å². The molecule has 0 aromatic heterocycles. The second-order valence-corrected chi connectivity index (χ2v) is 4.84. The van der Waals surface area contributed by atoms with Gasteiger partial charge in [-0.3, -0.25) is 9.69 Å². The Kier molecular flexibility index (Phi) is 5.93. The number of carboxylic acid groups (broad SMARTS) is 1. The summed E-state index contributed by atoms with van der Waals surface area (Å²) in [5, 5.41) is 10.2. The van der Waals surface area contributed by atoms with Crippen LogP contribution in [0.1, 0.15) is 19.4 Å². The van der Waals surface area contributed by atoms with Gasteiger partial charge in [0, 0.05) is 0 Å². The van der Waals surface area contributed by atoms with E-state index < -0.39 is 12.0 Å². The van der Waals surface area contributed by atoms with E-state index in [2.05, 4.69) is 0 Å². The third-order valence-corrected chi connectivity index (χ3v) is 3.69. The van der Waals surface area contributed by atoms with E-state index >= 15 is 0 Å². The van der Waals surface area contributed by atoms with E-state index in [-0.39, 0.29) is 0 Å². The second kappa shape index (κ2) is 6.98. The summed E-state index contributed by atoms with van der Waals surface area (Å²) in [5.41, 5.74) is 0.878. The molecule has 1 atom stereocenters. The van der Waals surface area contributed by atoms with Crippen molar-refractivity contribution in [3.63, 3.8) is 0 Å². The highest BCUT2D eigenvalue weighted by Crippen LogP contribution is 2.23. The summed E-state index contributed by atoms with van der Waals surface area (Å²) in [5.74, 6) is -0.815. The summed E-state index contributed by atoms with van der Waals surface area (Å²) >= 11 is 11.8. The quantitative estimate of drug-likeness (QED) is 0.873. The summed E-state index contributed by atoms with van der Waals surface area (Å²) < 4.78 is 0. The maximum Gasteiger partial charge on any atom is 0.321 e. The Morgan fingerprint density at radius 1 is 1.28 bits per heavy atom. The van der Waals surface area contributed by atoms with Crippen molar-refractivity contribution >= 4 is 29.2 Å². The smallest absolute Gasteiger partial charge is 0.321 e. The molecule has 0 aliphatic heterocycles. The maximum atomic E-state index is 11.3. The Morgan fingerprint density at radius 2 is 1.89 bits per heavy atom. The summed E-state index contributed by atoms with van der Waals surface area (Å²) in [4.78, 5) is 13.2. The first-order chi connectivity index (χ1) is 8.49. The molecule has 1 N–H and O–H groups in total. The molecule has 1 aromatic carbocycles. The molecule has 0 amide bonds. The number of benzene rings is 1.